The van der Waals surface area contributed by atoms with Gasteiger partial charge in [0.15, 0.2) is 0 Å². The standard InChI is InChI=1S/C29H33N5O6S/c1-20(16-30-28(37)39-17-21-8-4-2-5-9-21)12-13-25-31-24(19-41-25)26(35)33-34-15-14-23(27(34)36)32-29(38)40-18-22-10-6-3-7-11-22/h2-11,19-20,23H,12-18H2,1H3,(H,30,37)(H,32,38)(H,33,35)/t20?,23-/m0/s1. The lowest BCUT2D eigenvalue weighted by molar-refractivity contribution is -0.131. The van der Waals surface area contributed by atoms with Gasteiger partial charge in [-0.25, -0.2) is 14.6 Å². The Balaban J connectivity index is 1.13. The third-order valence-electron chi connectivity index (χ3n) is 6.39. The van der Waals surface area contributed by atoms with Crippen molar-refractivity contribution < 1.29 is 28.7 Å². The fraction of sp³-hybridized carbons (Fsp3) is 0.345. The molecule has 1 unspecified atom stereocenters. The van der Waals surface area contributed by atoms with Crippen molar-refractivity contribution in [2.24, 2.45) is 5.92 Å². The second-order valence-electron chi connectivity index (χ2n) is 9.69. The van der Waals surface area contributed by atoms with E-state index in [2.05, 4.69) is 21.0 Å². The molecule has 3 aromatic rings. The average molecular weight is 580 g/mol. The van der Waals surface area contributed by atoms with Crippen LogP contribution in [0.3, 0.4) is 0 Å². The summed E-state index contributed by atoms with van der Waals surface area (Å²) >= 11 is 1.36. The second kappa shape index (κ2) is 14.8. The van der Waals surface area contributed by atoms with Gasteiger partial charge in [0.25, 0.3) is 11.8 Å². The minimum Gasteiger partial charge on any atom is -0.445 e. The summed E-state index contributed by atoms with van der Waals surface area (Å²) in [4.78, 5) is 53.8. The summed E-state index contributed by atoms with van der Waals surface area (Å²) in [6.45, 7) is 3.03. The first-order valence-corrected chi connectivity index (χ1v) is 14.2. The van der Waals surface area contributed by atoms with Crippen LogP contribution in [0, 0.1) is 5.92 Å². The number of hydrogen-bond donors (Lipinski definition) is 3. The Kier molecular flexibility index (Phi) is 10.7. The average Bonchev–Trinajstić information content (AvgIpc) is 3.61. The van der Waals surface area contributed by atoms with Crippen LogP contribution in [0.15, 0.2) is 66.0 Å². The third-order valence-corrected chi connectivity index (χ3v) is 7.30. The van der Waals surface area contributed by atoms with Gasteiger partial charge in [0.1, 0.15) is 24.9 Å². The lowest BCUT2D eigenvalue weighted by Gasteiger charge is -2.17. The quantitative estimate of drug-likeness (QED) is 0.297. The SMILES string of the molecule is CC(CCc1nc(C(=O)NN2CC[C@H](NC(=O)OCc3ccccc3)C2=O)cs1)CNC(=O)OCc1ccccc1. The number of hydrazine groups is 1. The number of nitrogens with zero attached hydrogens (tertiary/aromatic N) is 2. The van der Waals surface area contributed by atoms with Crippen LogP contribution in [0.1, 0.15) is 46.4 Å². The van der Waals surface area contributed by atoms with Gasteiger partial charge in [0, 0.05) is 18.5 Å². The number of benzene rings is 2. The summed E-state index contributed by atoms with van der Waals surface area (Å²) in [5.74, 6) is -0.746. The van der Waals surface area contributed by atoms with Crippen molar-refractivity contribution in [2.45, 2.75) is 45.4 Å². The number of thiazole rings is 1. The summed E-state index contributed by atoms with van der Waals surface area (Å²) in [5.41, 5.74) is 4.55. The molecule has 0 bridgehead atoms. The molecule has 0 spiro atoms. The van der Waals surface area contributed by atoms with Crippen molar-refractivity contribution in [3.8, 4) is 0 Å². The normalized spacial score (nSPS) is 15.2. The first-order valence-electron chi connectivity index (χ1n) is 13.4. The van der Waals surface area contributed by atoms with Gasteiger partial charge >= 0.3 is 12.2 Å². The van der Waals surface area contributed by atoms with E-state index in [-0.39, 0.29) is 31.4 Å². The highest BCUT2D eigenvalue weighted by Crippen LogP contribution is 2.16. The van der Waals surface area contributed by atoms with Crippen LogP contribution in [-0.4, -0.2) is 53.1 Å². The number of ether oxygens (including phenoxy) is 2. The molecule has 2 heterocycles. The Bertz CT molecular complexity index is 1320. The summed E-state index contributed by atoms with van der Waals surface area (Å²) in [6, 6.07) is 17.9. The van der Waals surface area contributed by atoms with Crippen LogP contribution < -0.4 is 16.1 Å². The fourth-order valence-electron chi connectivity index (χ4n) is 4.05. The van der Waals surface area contributed by atoms with Gasteiger partial charge in [-0.05, 0) is 36.3 Å². The molecule has 1 aromatic heterocycles. The van der Waals surface area contributed by atoms with Crippen molar-refractivity contribution in [3.63, 3.8) is 0 Å². The number of nitrogens with one attached hydrogen (secondary N) is 3. The third kappa shape index (κ3) is 9.31. The zero-order valence-electron chi connectivity index (χ0n) is 22.7. The van der Waals surface area contributed by atoms with Crippen molar-refractivity contribution in [1.82, 2.24) is 26.1 Å². The highest BCUT2D eigenvalue weighted by atomic mass is 32.1. The van der Waals surface area contributed by atoms with E-state index >= 15 is 0 Å². The van der Waals surface area contributed by atoms with E-state index in [1.54, 1.807) is 5.38 Å². The van der Waals surface area contributed by atoms with Gasteiger partial charge in [-0.15, -0.1) is 11.3 Å². The molecule has 3 N–H and O–H groups in total. The maximum atomic E-state index is 12.7. The predicted octanol–water partition coefficient (Wildman–Crippen LogP) is 3.81. The van der Waals surface area contributed by atoms with Gasteiger partial charge in [0.2, 0.25) is 0 Å². The van der Waals surface area contributed by atoms with Gasteiger partial charge in [-0.1, -0.05) is 67.6 Å². The molecule has 0 aliphatic carbocycles. The molecule has 1 fully saturated rings. The fourth-order valence-corrected chi connectivity index (χ4v) is 4.84. The summed E-state index contributed by atoms with van der Waals surface area (Å²) in [6.07, 6.45) is 0.573. The Morgan fingerprint density at radius 2 is 1.63 bits per heavy atom. The van der Waals surface area contributed by atoms with E-state index in [0.717, 1.165) is 22.6 Å². The monoisotopic (exact) mass is 579 g/mol. The highest BCUT2D eigenvalue weighted by Gasteiger charge is 2.34. The summed E-state index contributed by atoms with van der Waals surface area (Å²) in [5, 5.41) is 8.94. The number of carbonyl (C=O) groups excluding carboxylic acids is 4. The number of amides is 4. The first-order chi connectivity index (χ1) is 19.9. The van der Waals surface area contributed by atoms with Crippen molar-refractivity contribution in [1.29, 1.82) is 0 Å². The molecule has 4 amide bonds. The minimum atomic E-state index is -0.782. The molecular formula is C29H33N5O6S. The Morgan fingerprint density at radius 3 is 2.29 bits per heavy atom. The summed E-state index contributed by atoms with van der Waals surface area (Å²) < 4.78 is 10.4. The molecule has 41 heavy (non-hydrogen) atoms. The molecule has 1 aliphatic rings. The van der Waals surface area contributed by atoms with Crippen molar-refractivity contribution in [2.75, 3.05) is 13.1 Å². The van der Waals surface area contributed by atoms with E-state index in [1.807, 2.05) is 67.6 Å². The van der Waals surface area contributed by atoms with E-state index in [1.165, 1.54) is 16.3 Å². The molecule has 0 saturated carbocycles. The van der Waals surface area contributed by atoms with Crippen LogP contribution in [0.5, 0.6) is 0 Å². The number of aromatic nitrogens is 1. The predicted molar refractivity (Wildman–Crippen MR) is 152 cm³/mol. The number of aryl methyl sites for hydroxylation is 1. The lowest BCUT2D eigenvalue weighted by Crippen LogP contribution is -2.48. The maximum absolute atomic E-state index is 12.7. The zero-order chi connectivity index (χ0) is 29.0. The molecule has 4 rings (SSSR count). The molecule has 2 atom stereocenters. The van der Waals surface area contributed by atoms with Crippen molar-refractivity contribution in [3.05, 3.63) is 87.9 Å². The van der Waals surface area contributed by atoms with Crippen molar-refractivity contribution >= 4 is 35.3 Å². The molecule has 1 saturated heterocycles. The smallest absolute Gasteiger partial charge is 0.408 e. The molecule has 2 aromatic carbocycles. The van der Waals surface area contributed by atoms with E-state index in [4.69, 9.17) is 9.47 Å². The topological polar surface area (TPSA) is 139 Å². The van der Waals surface area contributed by atoms with E-state index < -0.39 is 30.0 Å². The lowest BCUT2D eigenvalue weighted by atomic mass is 10.1. The van der Waals surface area contributed by atoms with E-state index in [0.29, 0.717) is 19.4 Å². The minimum absolute atomic E-state index is 0.0940. The molecule has 12 heteroatoms. The zero-order valence-corrected chi connectivity index (χ0v) is 23.5. The molecule has 0 radical (unpaired) electrons. The summed E-state index contributed by atoms with van der Waals surface area (Å²) in [7, 11) is 0. The van der Waals surface area contributed by atoms with Gasteiger partial charge in [-0.2, -0.15) is 0 Å². The highest BCUT2D eigenvalue weighted by molar-refractivity contribution is 7.09. The number of carbonyl (C=O) groups is 4. The number of alkyl carbamates (subject to hydrolysis) is 2. The van der Waals surface area contributed by atoms with E-state index in [9.17, 15) is 19.2 Å². The van der Waals surface area contributed by atoms with Crippen LogP contribution >= 0.6 is 11.3 Å². The first kappa shape index (κ1) is 29.5. The molecule has 216 valence electrons. The molecule has 1 aliphatic heterocycles. The van der Waals surface area contributed by atoms with Gasteiger partial charge in [-0.3, -0.25) is 20.0 Å². The van der Waals surface area contributed by atoms with Crippen LogP contribution in [-0.2, 0) is 33.9 Å². The largest absolute Gasteiger partial charge is 0.445 e. The molecule has 11 nitrogen and oxygen atoms in total. The van der Waals surface area contributed by atoms with Gasteiger partial charge < -0.3 is 20.1 Å². The van der Waals surface area contributed by atoms with Crippen LogP contribution in [0.4, 0.5) is 9.59 Å². The van der Waals surface area contributed by atoms with Crippen LogP contribution in [0.25, 0.3) is 0 Å². The Morgan fingerprint density at radius 1 is 1.00 bits per heavy atom. The number of hydrogen-bond acceptors (Lipinski definition) is 8. The second-order valence-corrected chi connectivity index (χ2v) is 10.6. The Labute approximate surface area is 242 Å². The van der Waals surface area contributed by atoms with Crippen LogP contribution in [0.2, 0.25) is 0 Å². The Hall–Kier alpha value is -4.45. The van der Waals surface area contributed by atoms with Gasteiger partial charge in [0.05, 0.1) is 5.01 Å². The maximum Gasteiger partial charge on any atom is 0.408 e. The molecular weight excluding hydrogens is 546 g/mol. The number of rotatable bonds is 12.